The predicted molar refractivity (Wildman–Crippen MR) is 74.7 cm³/mol. The molecule has 1 aromatic rings. The quantitative estimate of drug-likeness (QED) is 0.823. The third kappa shape index (κ3) is 2.61. The molecule has 18 heavy (non-hydrogen) atoms. The summed E-state index contributed by atoms with van der Waals surface area (Å²) in [5.74, 6) is 0.452. The zero-order valence-corrected chi connectivity index (χ0v) is 11.6. The van der Waals surface area contributed by atoms with Crippen LogP contribution >= 0.6 is 11.6 Å². The van der Waals surface area contributed by atoms with Gasteiger partial charge < -0.3 is 11.1 Å². The first-order valence-corrected chi connectivity index (χ1v) is 6.66. The number of amides is 1. The Hall–Kier alpha value is -1.22. The first-order chi connectivity index (χ1) is 8.44. The Morgan fingerprint density at radius 3 is 2.72 bits per heavy atom. The molecule has 0 aliphatic heterocycles. The number of anilines is 1. The van der Waals surface area contributed by atoms with Crippen molar-refractivity contribution in [2.24, 2.45) is 11.3 Å². The number of hydrogen-bond donors (Lipinski definition) is 2. The molecule has 0 aromatic heterocycles. The van der Waals surface area contributed by atoms with Gasteiger partial charge in [-0.2, -0.15) is 0 Å². The topological polar surface area (TPSA) is 55.1 Å². The Kier molecular flexibility index (Phi) is 3.53. The molecule has 2 rings (SSSR count). The number of halogens is 1. The van der Waals surface area contributed by atoms with Crippen molar-refractivity contribution in [1.82, 2.24) is 5.32 Å². The van der Waals surface area contributed by atoms with Gasteiger partial charge in [0.2, 0.25) is 0 Å². The predicted octanol–water partition coefficient (Wildman–Crippen LogP) is 3.09. The first kappa shape index (κ1) is 13.2. The minimum absolute atomic E-state index is 0.140. The van der Waals surface area contributed by atoms with E-state index in [4.69, 9.17) is 17.3 Å². The normalized spacial score (nSPS) is 16.7. The summed E-state index contributed by atoms with van der Waals surface area (Å²) in [7, 11) is 0. The second kappa shape index (κ2) is 4.81. The summed E-state index contributed by atoms with van der Waals surface area (Å²) < 4.78 is 0. The largest absolute Gasteiger partial charge is 0.399 e. The van der Waals surface area contributed by atoms with Crippen LogP contribution in [0.4, 0.5) is 5.69 Å². The van der Waals surface area contributed by atoms with E-state index in [1.165, 1.54) is 12.8 Å². The minimum Gasteiger partial charge on any atom is -0.399 e. The molecule has 0 heterocycles. The SMILES string of the molecule is CC(C)C1(CNC(=O)c2cc(N)ccc2Cl)CC1. The molecule has 3 N–H and O–H groups in total. The van der Waals surface area contributed by atoms with Crippen LogP contribution < -0.4 is 11.1 Å². The highest BCUT2D eigenvalue weighted by molar-refractivity contribution is 6.34. The van der Waals surface area contributed by atoms with Crippen LogP contribution in [0.5, 0.6) is 0 Å². The third-order valence-corrected chi connectivity index (χ3v) is 4.28. The second-order valence-corrected chi connectivity index (χ2v) is 5.85. The molecule has 1 amide bonds. The fourth-order valence-electron chi connectivity index (χ4n) is 2.19. The monoisotopic (exact) mass is 266 g/mol. The van der Waals surface area contributed by atoms with E-state index < -0.39 is 0 Å². The van der Waals surface area contributed by atoms with Crippen LogP contribution in [0.1, 0.15) is 37.0 Å². The van der Waals surface area contributed by atoms with Crippen LogP contribution in [0.25, 0.3) is 0 Å². The number of nitrogens with two attached hydrogens (primary N) is 1. The van der Waals surface area contributed by atoms with E-state index in [9.17, 15) is 4.79 Å². The van der Waals surface area contributed by atoms with E-state index in [2.05, 4.69) is 19.2 Å². The molecule has 1 aromatic carbocycles. The fourth-order valence-corrected chi connectivity index (χ4v) is 2.39. The van der Waals surface area contributed by atoms with Crippen LogP contribution in [-0.4, -0.2) is 12.5 Å². The molecule has 1 fully saturated rings. The average molecular weight is 267 g/mol. The smallest absolute Gasteiger partial charge is 0.252 e. The van der Waals surface area contributed by atoms with Gasteiger partial charge in [0.15, 0.2) is 0 Å². The van der Waals surface area contributed by atoms with Gasteiger partial charge in [0.1, 0.15) is 0 Å². The summed E-state index contributed by atoms with van der Waals surface area (Å²) in [6.07, 6.45) is 2.38. The molecule has 0 radical (unpaired) electrons. The van der Waals surface area contributed by atoms with Crippen LogP contribution in [0.3, 0.4) is 0 Å². The molecular formula is C14H19ClN2O. The Morgan fingerprint density at radius 2 is 2.17 bits per heavy atom. The number of nitrogens with one attached hydrogen (secondary N) is 1. The Morgan fingerprint density at radius 1 is 1.50 bits per heavy atom. The molecule has 1 aliphatic rings. The molecule has 3 nitrogen and oxygen atoms in total. The van der Waals surface area contributed by atoms with Gasteiger partial charge in [0.25, 0.3) is 5.91 Å². The molecule has 98 valence electrons. The summed E-state index contributed by atoms with van der Waals surface area (Å²) in [6, 6.07) is 4.96. The third-order valence-electron chi connectivity index (χ3n) is 3.95. The van der Waals surface area contributed by atoms with Crippen molar-refractivity contribution in [3.8, 4) is 0 Å². The Bertz CT molecular complexity index is 467. The maximum absolute atomic E-state index is 12.1. The number of nitrogen functional groups attached to an aromatic ring is 1. The molecule has 1 saturated carbocycles. The van der Waals surface area contributed by atoms with Gasteiger partial charge in [-0.05, 0) is 42.4 Å². The van der Waals surface area contributed by atoms with E-state index in [1.807, 2.05) is 0 Å². The number of carbonyl (C=O) groups excluding carboxylic acids is 1. The van der Waals surface area contributed by atoms with Gasteiger partial charge in [-0.25, -0.2) is 0 Å². The van der Waals surface area contributed by atoms with Gasteiger partial charge in [-0.15, -0.1) is 0 Å². The van der Waals surface area contributed by atoms with Gasteiger partial charge in [0.05, 0.1) is 10.6 Å². The second-order valence-electron chi connectivity index (χ2n) is 5.44. The Balaban J connectivity index is 2.02. The molecule has 0 unspecified atom stereocenters. The lowest BCUT2D eigenvalue weighted by molar-refractivity contribution is 0.0940. The summed E-state index contributed by atoms with van der Waals surface area (Å²) in [5, 5.41) is 3.41. The van der Waals surface area contributed by atoms with E-state index in [0.29, 0.717) is 34.2 Å². The van der Waals surface area contributed by atoms with Crippen molar-refractivity contribution in [2.75, 3.05) is 12.3 Å². The van der Waals surface area contributed by atoms with Crippen LogP contribution in [0.15, 0.2) is 18.2 Å². The standard InChI is InChI=1S/C14H19ClN2O/c1-9(2)14(5-6-14)8-17-13(18)11-7-10(16)3-4-12(11)15/h3-4,7,9H,5-6,8,16H2,1-2H3,(H,17,18). The summed E-state index contributed by atoms with van der Waals surface area (Å²) in [6.45, 7) is 5.12. The van der Waals surface area contributed by atoms with Crippen molar-refractivity contribution in [3.63, 3.8) is 0 Å². The van der Waals surface area contributed by atoms with E-state index in [1.54, 1.807) is 18.2 Å². The molecule has 0 bridgehead atoms. The van der Waals surface area contributed by atoms with E-state index in [-0.39, 0.29) is 5.91 Å². The first-order valence-electron chi connectivity index (χ1n) is 6.28. The summed E-state index contributed by atoms with van der Waals surface area (Å²) in [5.41, 5.74) is 6.97. The van der Waals surface area contributed by atoms with Crippen molar-refractivity contribution in [3.05, 3.63) is 28.8 Å². The Labute approximate surface area is 113 Å². The van der Waals surface area contributed by atoms with Crippen LogP contribution in [0.2, 0.25) is 5.02 Å². The van der Waals surface area contributed by atoms with Crippen LogP contribution in [-0.2, 0) is 0 Å². The lowest BCUT2D eigenvalue weighted by atomic mass is 9.92. The molecular weight excluding hydrogens is 248 g/mol. The highest BCUT2D eigenvalue weighted by atomic mass is 35.5. The molecule has 4 heteroatoms. The van der Waals surface area contributed by atoms with Gasteiger partial charge in [0, 0.05) is 12.2 Å². The summed E-state index contributed by atoms with van der Waals surface area (Å²) in [4.78, 5) is 12.1. The number of hydrogen-bond acceptors (Lipinski definition) is 2. The highest BCUT2D eigenvalue weighted by Crippen LogP contribution is 2.51. The van der Waals surface area contributed by atoms with Crippen molar-refractivity contribution in [1.29, 1.82) is 0 Å². The fraction of sp³-hybridized carbons (Fsp3) is 0.500. The zero-order valence-electron chi connectivity index (χ0n) is 10.8. The van der Waals surface area contributed by atoms with Crippen molar-refractivity contribution >= 4 is 23.2 Å². The van der Waals surface area contributed by atoms with E-state index in [0.717, 1.165) is 0 Å². The maximum atomic E-state index is 12.1. The maximum Gasteiger partial charge on any atom is 0.252 e. The average Bonchev–Trinajstić information content (AvgIpc) is 3.10. The lowest BCUT2D eigenvalue weighted by Gasteiger charge is -2.20. The highest BCUT2D eigenvalue weighted by Gasteiger charge is 2.45. The molecule has 0 atom stereocenters. The molecule has 0 spiro atoms. The molecule has 0 saturated heterocycles. The van der Waals surface area contributed by atoms with Crippen molar-refractivity contribution < 1.29 is 4.79 Å². The lowest BCUT2D eigenvalue weighted by Crippen LogP contribution is -2.32. The summed E-state index contributed by atoms with van der Waals surface area (Å²) >= 11 is 6.00. The zero-order chi connectivity index (χ0) is 13.3. The number of carbonyl (C=O) groups is 1. The molecule has 1 aliphatic carbocycles. The minimum atomic E-state index is -0.140. The van der Waals surface area contributed by atoms with Gasteiger partial charge >= 0.3 is 0 Å². The number of rotatable bonds is 4. The van der Waals surface area contributed by atoms with Crippen molar-refractivity contribution in [2.45, 2.75) is 26.7 Å². The van der Waals surface area contributed by atoms with Gasteiger partial charge in [-0.1, -0.05) is 25.4 Å². The van der Waals surface area contributed by atoms with Crippen LogP contribution in [0, 0.1) is 11.3 Å². The van der Waals surface area contributed by atoms with Gasteiger partial charge in [-0.3, -0.25) is 4.79 Å². The van der Waals surface area contributed by atoms with E-state index >= 15 is 0 Å². The number of benzene rings is 1.